The number of nitrogens with one attached hydrogen (secondary N) is 1. The van der Waals surface area contributed by atoms with Crippen molar-refractivity contribution in [2.45, 2.75) is 20.5 Å². The van der Waals surface area contributed by atoms with Crippen LogP contribution in [0.4, 0.5) is 5.69 Å². The standard InChI is InChI=1S/C21H19NO5/c1-13-5-3-4-6-18(13)22-20(23)15-7-9-17(10-8-15)26-12-16-11-19(21(24)25)27-14(16)2/h3-11H,12H2,1-2H3,(H,22,23)(H,24,25). The zero-order valence-corrected chi connectivity index (χ0v) is 15.0. The number of hydrogen-bond acceptors (Lipinski definition) is 4. The quantitative estimate of drug-likeness (QED) is 0.675. The number of aromatic carboxylic acids is 1. The highest BCUT2D eigenvalue weighted by atomic mass is 16.5. The summed E-state index contributed by atoms with van der Waals surface area (Å²) in [7, 11) is 0. The lowest BCUT2D eigenvalue weighted by atomic mass is 10.1. The number of aryl methyl sites for hydroxylation is 2. The summed E-state index contributed by atoms with van der Waals surface area (Å²) in [5.74, 6) is -0.364. The molecule has 0 aliphatic rings. The first kappa shape index (κ1) is 18.3. The molecule has 1 aromatic heterocycles. The van der Waals surface area contributed by atoms with Gasteiger partial charge in [-0.3, -0.25) is 4.79 Å². The molecule has 6 heteroatoms. The smallest absolute Gasteiger partial charge is 0.371 e. The maximum absolute atomic E-state index is 12.3. The van der Waals surface area contributed by atoms with Crippen molar-refractivity contribution in [2.75, 3.05) is 5.32 Å². The third-order valence-electron chi connectivity index (χ3n) is 4.14. The minimum absolute atomic E-state index is 0.116. The molecule has 138 valence electrons. The van der Waals surface area contributed by atoms with Gasteiger partial charge in [0, 0.05) is 16.8 Å². The van der Waals surface area contributed by atoms with Crippen molar-refractivity contribution >= 4 is 17.6 Å². The predicted molar refractivity (Wildman–Crippen MR) is 100 cm³/mol. The Balaban J connectivity index is 1.62. The SMILES string of the molecule is Cc1ccccc1NC(=O)c1ccc(OCc2cc(C(=O)O)oc2C)cc1. The largest absolute Gasteiger partial charge is 0.489 e. The van der Waals surface area contributed by atoms with Crippen LogP contribution in [0.3, 0.4) is 0 Å². The van der Waals surface area contributed by atoms with Crippen LogP contribution in [0.5, 0.6) is 5.75 Å². The Morgan fingerprint density at radius 3 is 2.41 bits per heavy atom. The van der Waals surface area contributed by atoms with Crippen LogP contribution in [0.1, 0.15) is 37.8 Å². The van der Waals surface area contributed by atoms with Gasteiger partial charge in [-0.05, 0) is 55.8 Å². The number of hydrogen-bond donors (Lipinski definition) is 2. The molecule has 0 fully saturated rings. The summed E-state index contributed by atoms with van der Waals surface area (Å²) in [5.41, 5.74) is 2.93. The molecular formula is C21H19NO5. The van der Waals surface area contributed by atoms with E-state index in [0.717, 1.165) is 11.3 Å². The number of benzene rings is 2. The maximum Gasteiger partial charge on any atom is 0.371 e. The first-order chi connectivity index (χ1) is 12.9. The van der Waals surface area contributed by atoms with Crippen molar-refractivity contribution in [1.82, 2.24) is 0 Å². The van der Waals surface area contributed by atoms with Crippen LogP contribution >= 0.6 is 0 Å². The van der Waals surface area contributed by atoms with Crippen molar-refractivity contribution in [1.29, 1.82) is 0 Å². The number of carboxylic acid groups (broad SMARTS) is 1. The second-order valence-corrected chi connectivity index (χ2v) is 6.08. The lowest BCUT2D eigenvalue weighted by molar-refractivity contribution is 0.0660. The van der Waals surface area contributed by atoms with E-state index in [1.54, 1.807) is 31.2 Å². The molecule has 0 saturated heterocycles. The van der Waals surface area contributed by atoms with Gasteiger partial charge in [-0.25, -0.2) is 4.79 Å². The van der Waals surface area contributed by atoms with Crippen LogP contribution in [-0.2, 0) is 6.61 Å². The van der Waals surface area contributed by atoms with Crippen LogP contribution in [0, 0.1) is 13.8 Å². The highest BCUT2D eigenvalue weighted by Crippen LogP contribution is 2.20. The van der Waals surface area contributed by atoms with Crippen LogP contribution < -0.4 is 10.1 Å². The van der Waals surface area contributed by atoms with Crippen molar-refractivity contribution < 1.29 is 23.8 Å². The van der Waals surface area contributed by atoms with Gasteiger partial charge in [-0.15, -0.1) is 0 Å². The first-order valence-corrected chi connectivity index (χ1v) is 8.36. The van der Waals surface area contributed by atoms with Gasteiger partial charge in [0.15, 0.2) is 0 Å². The molecule has 3 rings (SSSR count). The Labute approximate surface area is 156 Å². The maximum atomic E-state index is 12.3. The summed E-state index contributed by atoms with van der Waals surface area (Å²) in [6.07, 6.45) is 0. The van der Waals surface area contributed by atoms with Gasteiger partial charge in [0.25, 0.3) is 5.91 Å². The molecule has 27 heavy (non-hydrogen) atoms. The molecule has 0 radical (unpaired) electrons. The predicted octanol–water partition coefficient (Wildman–Crippen LogP) is 4.43. The Kier molecular flexibility index (Phi) is 5.26. The van der Waals surface area contributed by atoms with Crippen LogP contribution in [0.25, 0.3) is 0 Å². The minimum Gasteiger partial charge on any atom is -0.489 e. The van der Waals surface area contributed by atoms with E-state index in [1.165, 1.54) is 6.07 Å². The van der Waals surface area contributed by atoms with Crippen molar-refractivity contribution in [2.24, 2.45) is 0 Å². The van der Waals surface area contributed by atoms with E-state index in [4.69, 9.17) is 14.3 Å². The molecule has 1 heterocycles. The molecule has 0 aliphatic carbocycles. The fourth-order valence-electron chi connectivity index (χ4n) is 2.54. The number of carbonyl (C=O) groups excluding carboxylic acids is 1. The van der Waals surface area contributed by atoms with Gasteiger partial charge in [-0.2, -0.15) is 0 Å². The molecule has 1 amide bonds. The van der Waals surface area contributed by atoms with E-state index >= 15 is 0 Å². The zero-order valence-electron chi connectivity index (χ0n) is 15.0. The summed E-state index contributed by atoms with van der Waals surface area (Å²) in [6.45, 7) is 3.79. The van der Waals surface area contributed by atoms with Gasteiger partial charge >= 0.3 is 5.97 Å². The molecule has 0 saturated carbocycles. The number of rotatable bonds is 6. The normalized spacial score (nSPS) is 10.4. The lowest BCUT2D eigenvalue weighted by Gasteiger charge is -2.09. The Hall–Kier alpha value is -3.54. The van der Waals surface area contributed by atoms with Crippen LogP contribution in [0.15, 0.2) is 59.0 Å². The van der Waals surface area contributed by atoms with Crippen LogP contribution in [0.2, 0.25) is 0 Å². The topological polar surface area (TPSA) is 88.8 Å². The average Bonchev–Trinajstić information content (AvgIpc) is 3.03. The fraction of sp³-hybridized carbons (Fsp3) is 0.143. The van der Waals surface area contributed by atoms with E-state index < -0.39 is 5.97 Å². The monoisotopic (exact) mass is 365 g/mol. The summed E-state index contributed by atoms with van der Waals surface area (Å²) in [6, 6.07) is 15.7. The molecule has 3 aromatic rings. The fourth-order valence-corrected chi connectivity index (χ4v) is 2.54. The molecule has 0 atom stereocenters. The summed E-state index contributed by atoms with van der Waals surface area (Å²) in [5, 5.41) is 11.8. The average molecular weight is 365 g/mol. The van der Waals surface area contributed by atoms with Gasteiger partial charge in [0.05, 0.1) is 0 Å². The van der Waals surface area contributed by atoms with E-state index in [2.05, 4.69) is 5.32 Å². The Bertz CT molecular complexity index is 972. The molecule has 0 bridgehead atoms. The van der Waals surface area contributed by atoms with Crippen molar-refractivity contribution in [3.8, 4) is 5.75 Å². The molecule has 0 unspecified atom stereocenters. The number of furan rings is 1. The molecule has 2 aromatic carbocycles. The number of ether oxygens (including phenoxy) is 1. The molecular weight excluding hydrogens is 346 g/mol. The van der Waals surface area contributed by atoms with E-state index in [1.807, 2.05) is 31.2 Å². The van der Waals surface area contributed by atoms with Gasteiger partial charge in [0.2, 0.25) is 5.76 Å². The number of carbonyl (C=O) groups is 2. The molecule has 6 nitrogen and oxygen atoms in total. The van der Waals surface area contributed by atoms with E-state index in [0.29, 0.717) is 22.6 Å². The molecule has 0 spiro atoms. The highest BCUT2D eigenvalue weighted by Gasteiger charge is 2.13. The molecule has 0 aliphatic heterocycles. The Morgan fingerprint density at radius 1 is 1.07 bits per heavy atom. The van der Waals surface area contributed by atoms with Gasteiger partial charge < -0.3 is 19.6 Å². The third-order valence-corrected chi connectivity index (χ3v) is 4.14. The van der Waals surface area contributed by atoms with Gasteiger partial charge in [-0.1, -0.05) is 18.2 Å². The number of carboxylic acids is 1. The lowest BCUT2D eigenvalue weighted by Crippen LogP contribution is -2.12. The van der Waals surface area contributed by atoms with E-state index in [-0.39, 0.29) is 18.3 Å². The first-order valence-electron chi connectivity index (χ1n) is 8.36. The van der Waals surface area contributed by atoms with Crippen LogP contribution in [-0.4, -0.2) is 17.0 Å². The number of para-hydroxylation sites is 1. The summed E-state index contributed by atoms with van der Waals surface area (Å²) < 4.78 is 10.8. The number of anilines is 1. The Morgan fingerprint density at radius 2 is 1.78 bits per heavy atom. The second kappa shape index (κ2) is 7.78. The molecule has 2 N–H and O–H groups in total. The van der Waals surface area contributed by atoms with Crippen molar-refractivity contribution in [3.05, 3.63) is 82.8 Å². The zero-order chi connectivity index (χ0) is 19.4. The second-order valence-electron chi connectivity index (χ2n) is 6.08. The number of amides is 1. The third kappa shape index (κ3) is 4.36. The minimum atomic E-state index is -1.12. The summed E-state index contributed by atoms with van der Waals surface area (Å²) in [4.78, 5) is 23.3. The summed E-state index contributed by atoms with van der Waals surface area (Å²) >= 11 is 0. The highest BCUT2D eigenvalue weighted by molar-refractivity contribution is 6.04. The van der Waals surface area contributed by atoms with Crippen molar-refractivity contribution in [3.63, 3.8) is 0 Å². The van der Waals surface area contributed by atoms with Gasteiger partial charge in [0.1, 0.15) is 18.1 Å². The van der Waals surface area contributed by atoms with E-state index in [9.17, 15) is 9.59 Å².